The highest BCUT2D eigenvalue weighted by Gasteiger charge is 2.24. The first-order chi connectivity index (χ1) is 13.4. The molecule has 0 atom stereocenters. The van der Waals surface area contributed by atoms with Crippen LogP contribution in [0.1, 0.15) is 44.6 Å². The predicted molar refractivity (Wildman–Crippen MR) is 108 cm³/mol. The third-order valence-corrected chi connectivity index (χ3v) is 5.15. The van der Waals surface area contributed by atoms with Gasteiger partial charge in [0.15, 0.2) is 0 Å². The first kappa shape index (κ1) is 21.8. The Kier molecular flexibility index (Phi) is 8.38. The Morgan fingerprint density at radius 3 is 2.64 bits per heavy atom. The van der Waals surface area contributed by atoms with Crippen molar-refractivity contribution >= 4 is 23.2 Å². The Morgan fingerprint density at radius 2 is 2.00 bits per heavy atom. The van der Waals surface area contributed by atoms with Gasteiger partial charge >= 0.3 is 0 Å². The topological polar surface area (TPSA) is 105 Å². The molecule has 1 aliphatic rings. The second-order valence-electron chi connectivity index (χ2n) is 7.32. The summed E-state index contributed by atoms with van der Waals surface area (Å²) < 4.78 is 0. The fraction of sp³-hybridized carbons (Fsp3) is 0.600. The molecule has 0 bridgehead atoms. The predicted octanol–water partition coefficient (Wildman–Crippen LogP) is 2.86. The first-order valence-electron chi connectivity index (χ1n) is 9.95. The van der Waals surface area contributed by atoms with E-state index in [2.05, 4.69) is 22.5 Å². The van der Waals surface area contributed by atoms with Crippen LogP contribution in [0.4, 0.5) is 11.4 Å². The van der Waals surface area contributed by atoms with E-state index in [1.54, 1.807) is 13.0 Å². The van der Waals surface area contributed by atoms with Gasteiger partial charge in [-0.05, 0) is 44.8 Å². The largest absolute Gasteiger partial charge is 0.356 e. The molecule has 154 valence electrons. The van der Waals surface area contributed by atoms with Gasteiger partial charge in [0.2, 0.25) is 11.8 Å². The number of aryl methyl sites for hydroxylation is 1. The van der Waals surface area contributed by atoms with Crippen LogP contribution >= 0.6 is 0 Å². The number of rotatable bonds is 9. The van der Waals surface area contributed by atoms with Crippen molar-refractivity contribution in [3.63, 3.8) is 0 Å². The van der Waals surface area contributed by atoms with Gasteiger partial charge in [-0.3, -0.25) is 19.7 Å². The third kappa shape index (κ3) is 6.60. The lowest BCUT2D eigenvalue weighted by molar-refractivity contribution is -0.384. The third-order valence-electron chi connectivity index (χ3n) is 5.15. The van der Waals surface area contributed by atoms with Crippen LogP contribution in [0, 0.1) is 23.0 Å². The summed E-state index contributed by atoms with van der Waals surface area (Å²) in [6.07, 6.45) is 4.00. The number of carbonyl (C=O) groups excluding carboxylic acids is 2. The molecule has 1 aliphatic heterocycles. The number of piperidine rings is 1. The van der Waals surface area contributed by atoms with Crippen LogP contribution in [0.3, 0.4) is 0 Å². The molecule has 2 N–H and O–H groups in total. The lowest BCUT2D eigenvalue weighted by atomic mass is 9.95. The molecule has 0 aliphatic carbocycles. The highest BCUT2D eigenvalue weighted by atomic mass is 16.6. The molecule has 0 spiro atoms. The monoisotopic (exact) mass is 390 g/mol. The number of unbranched alkanes of at least 4 members (excludes halogenated alkanes) is 1. The normalized spacial score (nSPS) is 15.2. The van der Waals surface area contributed by atoms with Gasteiger partial charge in [0.1, 0.15) is 0 Å². The number of likely N-dealkylation sites (tertiary alicyclic amines) is 1. The average molecular weight is 390 g/mol. The highest BCUT2D eigenvalue weighted by Crippen LogP contribution is 2.22. The Bertz CT molecular complexity index is 699. The zero-order chi connectivity index (χ0) is 20.5. The van der Waals surface area contributed by atoms with Gasteiger partial charge in [0, 0.05) is 37.6 Å². The molecule has 1 saturated heterocycles. The molecule has 2 rings (SSSR count). The fourth-order valence-electron chi connectivity index (χ4n) is 3.28. The summed E-state index contributed by atoms with van der Waals surface area (Å²) in [5.74, 6) is 0.0458. The molecule has 0 radical (unpaired) electrons. The molecule has 28 heavy (non-hydrogen) atoms. The zero-order valence-corrected chi connectivity index (χ0v) is 16.7. The van der Waals surface area contributed by atoms with E-state index in [4.69, 9.17) is 0 Å². The quantitative estimate of drug-likeness (QED) is 0.383. The van der Waals surface area contributed by atoms with Crippen molar-refractivity contribution in [1.29, 1.82) is 0 Å². The van der Waals surface area contributed by atoms with Gasteiger partial charge in [-0.1, -0.05) is 19.4 Å². The van der Waals surface area contributed by atoms with Crippen LogP contribution in [0.5, 0.6) is 0 Å². The number of benzene rings is 1. The number of nitro benzene ring substituents is 1. The molecule has 1 aromatic rings. The van der Waals surface area contributed by atoms with Crippen molar-refractivity contribution in [2.24, 2.45) is 5.92 Å². The summed E-state index contributed by atoms with van der Waals surface area (Å²) >= 11 is 0. The Morgan fingerprint density at radius 1 is 1.29 bits per heavy atom. The van der Waals surface area contributed by atoms with Gasteiger partial charge in [-0.2, -0.15) is 0 Å². The molecule has 1 aromatic carbocycles. The summed E-state index contributed by atoms with van der Waals surface area (Å²) in [4.78, 5) is 37.0. The van der Waals surface area contributed by atoms with Crippen molar-refractivity contribution in [3.8, 4) is 0 Å². The van der Waals surface area contributed by atoms with Crippen molar-refractivity contribution in [2.45, 2.75) is 46.0 Å². The van der Waals surface area contributed by atoms with E-state index in [-0.39, 0.29) is 23.4 Å². The van der Waals surface area contributed by atoms with Gasteiger partial charge in [0.05, 0.1) is 10.6 Å². The summed E-state index contributed by atoms with van der Waals surface area (Å²) in [6.45, 7) is 6.86. The van der Waals surface area contributed by atoms with Gasteiger partial charge in [-0.15, -0.1) is 0 Å². The van der Waals surface area contributed by atoms with Crippen molar-refractivity contribution < 1.29 is 14.5 Å². The average Bonchev–Trinajstić information content (AvgIpc) is 2.68. The molecule has 0 aromatic heterocycles. The van der Waals surface area contributed by atoms with Crippen molar-refractivity contribution in [1.82, 2.24) is 10.2 Å². The number of anilines is 1. The van der Waals surface area contributed by atoms with Gasteiger partial charge in [0.25, 0.3) is 5.69 Å². The summed E-state index contributed by atoms with van der Waals surface area (Å²) in [7, 11) is 0. The maximum atomic E-state index is 12.2. The molecule has 1 heterocycles. The maximum absolute atomic E-state index is 12.2. The van der Waals surface area contributed by atoms with E-state index in [1.807, 2.05) is 0 Å². The molecule has 0 unspecified atom stereocenters. The van der Waals surface area contributed by atoms with Crippen LogP contribution in [0.25, 0.3) is 0 Å². The molecule has 0 saturated carbocycles. The van der Waals surface area contributed by atoms with E-state index in [0.717, 1.165) is 50.9 Å². The molecule has 1 fully saturated rings. The number of carbonyl (C=O) groups is 2. The Balaban J connectivity index is 1.74. The van der Waals surface area contributed by atoms with Gasteiger partial charge in [-0.25, -0.2) is 0 Å². The second-order valence-corrected chi connectivity index (χ2v) is 7.32. The van der Waals surface area contributed by atoms with Gasteiger partial charge < -0.3 is 15.5 Å². The molecule has 2 amide bonds. The smallest absolute Gasteiger partial charge is 0.271 e. The van der Waals surface area contributed by atoms with Crippen LogP contribution in [-0.4, -0.2) is 47.8 Å². The summed E-state index contributed by atoms with van der Waals surface area (Å²) in [5.41, 5.74) is 1.22. The van der Waals surface area contributed by atoms with Crippen LogP contribution in [0.15, 0.2) is 18.2 Å². The minimum Gasteiger partial charge on any atom is -0.356 e. The number of non-ortho nitro benzene ring substituents is 1. The summed E-state index contributed by atoms with van der Waals surface area (Å²) in [6, 6.07) is 4.44. The number of amides is 2. The molecule has 8 nitrogen and oxygen atoms in total. The molecule has 8 heteroatoms. The number of nitrogens with zero attached hydrogens (tertiary/aromatic N) is 2. The fourth-order valence-corrected chi connectivity index (χ4v) is 3.28. The SMILES string of the molecule is CCCCNC(=O)C1CCN(CCC(=O)Nc2cc([N+](=O)[O-])ccc2C)CC1. The van der Waals surface area contributed by atoms with Crippen LogP contribution in [-0.2, 0) is 9.59 Å². The van der Waals surface area contributed by atoms with E-state index >= 15 is 0 Å². The second kappa shape index (κ2) is 10.8. The Hall–Kier alpha value is -2.48. The number of nitro groups is 1. The van der Waals surface area contributed by atoms with Crippen molar-refractivity contribution in [2.75, 3.05) is 31.5 Å². The van der Waals surface area contributed by atoms with E-state index < -0.39 is 4.92 Å². The van der Waals surface area contributed by atoms with Crippen LogP contribution < -0.4 is 10.6 Å². The van der Waals surface area contributed by atoms with E-state index in [0.29, 0.717) is 18.7 Å². The molecular weight excluding hydrogens is 360 g/mol. The Labute approximate surface area is 165 Å². The number of hydrogen-bond acceptors (Lipinski definition) is 5. The van der Waals surface area contributed by atoms with E-state index in [9.17, 15) is 19.7 Å². The zero-order valence-electron chi connectivity index (χ0n) is 16.7. The number of hydrogen-bond donors (Lipinski definition) is 2. The van der Waals surface area contributed by atoms with Crippen LogP contribution in [0.2, 0.25) is 0 Å². The standard InChI is InChI=1S/C20H30N4O4/c1-3-4-10-21-20(26)16-7-11-23(12-8-16)13-9-19(25)22-18-14-17(24(27)28)6-5-15(18)2/h5-6,14,16H,3-4,7-13H2,1-2H3,(H,21,26)(H,22,25). The van der Waals surface area contributed by atoms with E-state index in [1.165, 1.54) is 12.1 Å². The number of nitrogens with one attached hydrogen (secondary N) is 2. The molecular formula is C20H30N4O4. The summed E-state index contributed by atoms with van der Waals surface area (Å²) in [5, 5.41) is 16.6. The highest BCUT2D eigenvalue weighted by molar-refractivity contribution is 5.92. The van der Waals surface area contributed by atoms with Crippen molar-refractivity contribution in [3.05, 3.63) is 33.9 Å². The maximum Gasteiger partial charge on any atom is 0.271 e. The minimum absolute atomic E-state index is 0.0415. The lowest BCUT2D eigenvalue weighted by Gasteiger charge is -2.31. The first-order valence-corrected chi connectivity index (χ1v) is 9.95. The lowest BCUT2D eigenvalue weighted by Crippen LogP contribution is -2.41. The minimum atomic E-state index is -0.475.